The van der Waals surface area contributed by atoms with Gasteiger partial charge in [0.2, 0.25) is 5.78 Å². The summed E-state index contributed by atoms with van der Waals surface area (Å²) >= 11 is 11.4. The largest absolute Gasteiger partial charge is 0.477 e. The number of aliphatic carboxylic acids is 1. The molecule has 0 aromatic carbocycles. The molecule has 1 unspecified atom stereocenters. The molecule has 120 valence electrons. The number of hydrogen-bond donors (Lipinski definition) is 3. The summed E-state index contributed by atoms with van der Waals surface area (Å²) in [7, 11) is 0. The second kappa shape index (κ2) is 8.07. The Balaban J connectivity index is 3.12. The predicted molar refractivity (Wildman–Crippen MR) is 80.9 cm³/mol. The van der Waals surface area contributed by atoms with Crippen LogP contribution in [0.4, 0.5) is 0 Å². The predicted octanol–water partition coefficient (Wildman–Crippen LogP) is 1.54. The number of aliphatic hydroxyl groups excluding tert-OH is 1. The minimum absolute atomic E-state index is 0.0343. The zero-order valence-electron chi connectivity index (χ0n) is 11.9. The average molecular weight is 348 g/mol. The Labute approximate surface area is 137 Å². The van der Waals surface area contributed by atoms with Crippen LogP contribution >= 0.6 is 23.2 Å². The van der Waals surface area contributed by atoms with Gasteiger partial charge in [0.25, 0.3) is 0 Å². The zero-order valence-corrected chi connectivity index (χ0v) is 13.4. The van der Waals surface area contributed by atoms with Crippen molar-refractivity contribution in [1.82, 2.24) is 15.5 Å². The van der Waals surface area contributed by atoms with Gasteiger partial charge in [0.1, 0.15) is 5.57 Å². The molecule has 3 N–H and O–H groups in total. The van der Waals surface area contributed by atoms with E-state index in [1.807, 2.05) is 13.8 Å². The van der Waals surface area contributed by atoms with Gasteiger partial charge in [-0.2, -0.15) is 0 Å². The summed E-state index contributed by atoms with van der Waals surface area (Å²) in [5.74, 6) is -2.27. The molecule has 0 spiro atoms. The number of hydrogen-bond acceptors (Lipinski definition) is 6. The summed E-state index contributed by atoms with van der Waals surface area (Å²) in [4.78, 5) is 23.5. The van der Waals surface area contributed by atoms with Gasteiger partial charge in [-0.1, -0.05) is 37.0 Å². The maximum absolute atomic E-state index is 12.3. The fraction of sp³-hybridized carbons (Fsp3) is 0.385. The molecule has 0 amide bonds. The van der Waals surface area contributed by atoms with Crippen molar-refractivity contribution in [3.63, 3.8) is 0 Å². The summed E-state index contributed by atoms with van der Waals surface area (Å²) in [5.41, 5.74) is -0.715. The maximum atomic E-state index is 12.3. The van der Waals surface area contributed by atoms with E-state index in [1.165, 1.54) is 0 Å². The molecule has 1 heterocycles. The van der Waals surface area contributed by atoms with Crippen LogP contribution < -0.4 is 5.32 Å². The molecule has 22 heavy (non-hydrogen) atoms. The molecule has 7 nitrogen and oxygen atoms in total. The molecule has 0 aliphatic carbocycles. The summed E-state index contributed by atoms with van der Waals surface area (Å²) in [6.45, 7) is 3.47. The monoisotopic (exact) mass is 347 g/mol. The normalized spacial score (nSPS) is 13.1. The summed E-state index contributed by atoms with van der Waals surface area (Å²) in [5, 5.41) is 27.7. The van der Waals surface area contributed by atoms with Crippen LogP contribution in [0.1, 0.15) is 24.2 Å². The number of Topliss-reactive ketones (excluding diaryl/α,β-unsaturated/α-hetero) is 1. The van der Waals surface area contributed by atoms with E-state index in [0.717, 1.165) is 12.3 Å². The average Bonchev–Trinajstić information content (AvgIpc) is 2.44. The molecule has 9 heteroatoms. The zero-order chi connectivity index (χ0) is 16.9. The van der Waals surface area contributed by atoms with E-state index in [2.05, 4.69) is 15.5 Å². The van der Waals surface area contributed by atoms with Crippen molar-refractivity contribution >= 4 is 35.0 Å². The molecule has 0 saturated carbocycles. The fourth-order valence-corrected chi connectivity index (χ4v) is 1.85. The lowest BCUT2D eigenvalue weighted by molar-refractivity contribution is -0.132. The van der Waals surface area contributed by atoms with Gasteiger partial charge in [-0.15, -0.1) is 10.2 Å². The van der Waals surface area contributed by atoms with Gasteiger partial charge >= 0.3 is 5.97 Å². The minimum atomic E-state index is -1.44. The standard InChI is InChI=1S/C13H15Cl2N3O4/c1-6(2)9(5-19)16-4-8(13(21)22)11(20)7-3-10(14)17-18-12(7)15/h3-4,6,9,16,19H,5H2,1-2H3,(H,21,22)/b8-4-. The van der Waals surface area contributed by atoms with Gasteiger partial charge in [-0.05, 0) is 12.0 Å². The third-order valence-corrected chi connectivity index (χ3v) is 3.35. The molecule has 0 bridgehead atoms. The second-order valence-electron chi connectivity index (χ2n) is 4.76. The first kappa shape index (κ1) is 18.3. The molecule has 1 rings (SSSR count). The molecule has 1 atom stereocenters. The highest BCUT2D eigenvalue weighted by molar-refractivity contribution is 6.36. The quantitative estimate of drug-likeness (QED) is 0.296. The fourth-order valence-electron chi connectivity index (χ4n) is 1.53. The van der Waals surface area contributed by atoms with Crippen LogP contribution in [0.2, 0.25) is 10.3 Å². The number of aliphatic hydroxyl groups is 1. The number of carboxylic acid groups (broad SMARTS) is 1. The van der Waals surface area contributed by atoms with E-state index in [-0.39, 0.29) is 28.4 Å². The van der Waals surface area contributed by atoms with Crippen molar-refractivity contribution in [1.29, 1.82) is 0 Å². The van der Waals surface area contributed by atoms with E-state index in [9.17, 15) is 19.8 Å². The van der Waals surface area contributed by atoms with Gasteiger partial charge in [-0.3, -0.25) is 4.79 Å². The van der Waals surface area contributed by atoms with Gasteiger partial charge in [-0.25, -0.2) is 4.79 Å². The highest BCUT2D eigenvalue weighted by Crippen LogP contribution is 2.19. The van der Waals surface area contributed by atoms with E-state index in [1.54, 1.807) is 0 Å². The first-order valence-electron chi connectivity index (χ1n) is 6.31. The number of nitrogens with one attached hydrogen (secondary N) is 1. The van der Waals surface area contributed by atoms with E-state index in [0.29, 0.717) is 0 Å². The van der Waals surface area contributed by atoms with Crippen molar-refractivity contribution in [2.24, 2.45) is 5.92 Å². The third kappa shape index (κ3) is 4.66. The Kier molecular flexibility index (Phi) is 6.73. The molecule has 0 radical (unpaired) electrons. The van der Waals surface area contributed by atoms with Crippen molar-refractivity contribution < 1.29 is 19.8 Å². The molecule has 0 fully saturated rings. The maximum Gasteiger partial charge on any atom is 0.341 e. The number of carbonyl (C=O) groups excluding carboxylic acids is 1. The van der Waals surface area contributed by atoms with Gasteiger partial charge < -0.3 is 15.5 Å². The number of aromatic nitrogens is 2. The lowest BCUT2D eigenvalue weighted by Gasteiger charge is -2.18. The minimum Gasteiger partial charge on any atom is -0.477 e. The van der Waals surface area contributed by atoms with E-state index in [4.69, 9.17) is 23.2 Å². The number of rotatable bonds is 7. The number of carbonyl (C=O) groups is 2. The van der Waals surface area contributed by atoms with Crippen molar-refractivity contribution in [2.75, 3.05) is 6.61 Å². The van der Waals surface area contributed by atoms with E-state index >= 15 is 0 Å². The molecule has 1 aromatic rings. The Bertz CT molecular complexity index is 605. The van der Waals surface area contributed by atoms with Crippen LogP contribution in [-0.4, -0.2) is 44.8 Å². The molecule has 1 aromatic heterocycles. The first-order chi connectivity index (χ1) is 10.3. The van der Waals surface area contributed by atoms with Crippen LogP contribution in [0.25, 0.3) is 0 Å². The van der Waals surface area contributed by atoms with Crippen molar-refractivity contribution in [3.05, 3.63) is 33.7 Å². The number of ketones is 1. The van der Waals surface area contributed by atoms with Crippen LogP contribution in [0.15, 0.2) is 17.8 Å². The Morgan fingerprint density at radius 2 is 2.00 bits per heavy atom. The number of halogens is 2. The van der Waals surface area contributed by atoms with Gasteiger partial charge in [0, 0.05) is 6.20 Å². The Morgan fingerprint density at radius 3 is 2.50 bits per heavy atom. The molecular formula is C13H15Cl2N3O4. The lowest BCUT2D eigenvalue weighted by atomic mass is 10.0. The van der Waals surface area contributed by atoms with Gasteiger partial charge in [0.15, 0.2) is 10.3 Å². The second-order valence-corrected chi connectivity index (χ2v) is 5.51. The van der Waals surface area contributed by atoms with Crippen molar-refractivity contribution in [2.45, 2.75) is 19.9 Å². The van der Waals surface area contributed by atoms with Crippen LogP contribution in [-0.2, 0) is 4.79 Å². The molecule has 0 aliphatic heterocycles. The molecule has 0 saturated heterocycles. The topological polar surface area (TPSA) is 112 Å². The van der Waals surface area contributed by atoms with Crippen LogP contribution in [0, 0.1) is 5.92 Å². The summed E-state index contributed by atoms with van der Waals surface area (Å²) in [6.07, 6.45) is 1.04. The third-order valence-electron chi connectivity index (χ3n) is 2.88. The van der Waals surface area contributed by atoms with Crippen LogP contribution in [0.3, 0.4) is 0 Å². The van der Waals surface area contributed by atoms with E-state index < -0.39 is 23.4 Å². The number of nitrogens with zero attached hydrogens (tertiary/aromatic N) is 2. The molecular weight excluding hydrogens is 333 g/mol. The Morgan fingerprint density at radius 1 is 1.36 bits per heavy atom. The lowest BCUT2D eigenvalue weighted by Crippen LogP contribution is -2.34. The highest BCUT2D eigenvalue weighted by Gasteiger charge is 2.23. The van der Waals surface area contributed by atoms with Gasteiger partial charge in [0.05, 0.1) is 18.2 Å². The number of carboxylic acids is 1. The SMILES string of the molecule is CC(C)C(CO)N/C=C(\C(=O)O)C(=O)c1cc(Cl)nnc1Cl. The molecule has 0 aliphatic rings. The first-order valence-corrected chi connectivity index (χ1v) is 7.07. The van der Waals surface area contributed by atoms with Crippen molar-refractivity contribution in [3.8, 4) is 0 Å². The summed E-state index contributed by atoms with van der Waals surface area (Å²) in [6, 6.07) is 0.749. The smallest absolute Gasteiger partial charge is 0.341 e. The highest BCUT2D eigenvalue weighted by atomic mass is 35.5. The van der Waals surface area contributed by atoms with Crippen LogP contribution in [0.5, 0.6) is 0 Å². The summed E-state index contributed by atoms with van der Waals surface area (Å²) < 4.78 is 0. The Hall–Kier alpha value is -1.70.